The molecule has 1 aromatic heterocycles. The largest absolute Gasteiger partial charge is 0.468 e. The van der Waals surface area contributed by atoms with Crippen molar-refractivity contribution in [3.63, 3.8) is 0 Å². The Labute approximate surface area is 133 Å². The highest BCUT2D eigenvalue weighted by atomic mass is 19.1. The zero-order chi connectivity index (χ0) is 16.8. The van der Waals surface area contributed by atoms with E-state index in [1.807, 2.05) is 6.92 Å². The molecule has 0 spiro atoms. The molecule has 2 aromatic rings. The van der Waals surface area contributed by atoms with Crippen LogP contribution in [0.25, 0.3) is 0 Å². The minimum Gasteiger partial charge on any atom is -0.468 e. The van der Waals surface area contributed by atoms with Crippen LogP contribution in [0.4, 0.5) is 10.1 Å². The van der Waals surface area contributed by atoms with Crippen molar-refractivity contribution in [3.8, 4) is 0 Å². The van der Waals surface area contributed by atoms with Crippen molar-refractivity contribution in [2.24, 2.45) is 0 Å². The Morgan fingerprint density at radius 1 is 1.30 bits per heavy atom. The number of esters is 1. The number of halogens is 1. The Balaban J connectivity index is 2.44. The zero-order valence-electron chi connectivity index (χ0n) is 13.0. The minimum atomic E-state index is -0.588. The minimum absolute atomic E-state index is 0.291. The molecule has 5 nitrogen and oxygen atoms in total. The van der Waals surface area contributed by atoms with Gasteiger partial charge in [0.2, 0.25) is 0 Å². The number of aromatic nitrogens is 1. The van der Waals surface area contributed by atoms with Gasteiger partial charge in [0.1, 0.15) is 12.4 Å². The number of hydrogen-bond donors (Lipinski definition) is 0. The molecule has 0 saturated carbocycles. The van der Waals surface area contributed by atoms with Gasteiger partial charge in [-0.2, -0.15) is 0 Å². The number of nitrogens with zero attached hydrogens (tertiary/aromatic N) is 2. The second-order valence-electron chi connectivity index (χ2n) is 4.83. The summed E-state index contributed by atoms with van der Waals surface area (Å²) in [5.74, 6) is -1.48. The molecule has 0 fully saturated rings. The van der Waals surface area contributed by atoms with Crippen LogP contribution in [-0.2, 0) is 16.0 Å². The summed E-state index contributed by atoms with van der Waals surface area (Å²) in [7, 11) is 1.24. The molecule has 0 unspecified atom stereocenters. The van der Waals surface area contributed by atoms with E-state index in [1.165, 1.54) is 36.4 Å². The van der Waals surface area contributed by atoms with E-state index < -0.39 is 17.7 Å². The predicted octanol–water partition coefficient (Wildman–Crippen LogP) is 2.60. The maximum Gasteiger partial charge on any atom is 0.325 e. The molecular weight excluding hydrogens is 299 g/mol. The molecule has 6 heteroatoms. The van der Waals surface area contributed by atoms with Crippen LogP contribution in [0.5, 0.6) is 0 Å². The molecular formula is C17H17FN2O3. The number of amides is 1. The normalized spacial score (nSPS) is 10.2. The Bertz CT molecular complexity index is 718. The van der Waals surface area contributed by atoms with E-state index in [9.17, 15) is 14.0 Å². The van der Waals surface area contributed by atoms with Crippen molar-refractivity contribution in [3.05, 3.63) is 59.7 Å². The van der Waals surface area contributed by atoms with Gasteiger partial charge in [-0.15, -0.1) is 0 Å². The molecule has 0 bridgehead atoms. The summed E-state index contributed by atoms with van der Waals surface area (Å²) in [6.45, 7) is 1.60. The van der Waals surface area contributed by atoms with Gasteiger partial charge in [0.15, 0.2) is 0 Å². The first kappa shape index (κ1) is 16.6. The molecule has 0 aliphatic heterocycles. The molecule has 0 saturated heterocycles. The number of carbonyl (C=O) groups is 2. The van der Waals surface area contributed by atoms with Crippen LogP contribution >= 0.6 is 0 Å². The van der Waals surface area contributed by atoms with Crippen LogP contribution in [0.15, 0.2) is 42.7 Å². The first-order valence-electron chi connectivity index (χ1n) is 7.14. The number of aryl methyl sites for hydroxylation is 1. The molecule has 0 radical (unpaired) electrons. The molecule has 120 valence electrons. The van der Waals surface area contributed by atoms with E-state index in [4.69, 9.17) is 0 Å². The number of pyridine rings is 1. The van der Waals surface area contributed by atoms with Crippen molar-refractivity contribution in [1.82, 2.24) is 4.98 Å². The molecule has 2 rings (SSSR count). The maximum atomic E-state index is 13.5. The Kier molecular flexibility index (Phi) is 5.41. The lowest BCUT2D eigenvalue weighted by Gasteiger charge is -2.22. The number of benzene rings is 1. The third-order valence-electron chi connectivity index (χ3n) is 3.39. The zero-order valence-corrected chi connectivity index (χ0v) is 13.0. The molecule has 23 heavy (non-hydrogen) atoms. The topological polar surface area (TPSA) is 59.5 Å². The average Bonchev–Trinajstić information content (AvgIpc) is 2.58. The maximum absolute atomic E-state index is 13.5. The second-order valence-corrected chi connectivity index (χ2v) is 4.83. The summed E-state index contributed by atoms with van der Waals surface area (Å²) < 4.78 is 18.1. The highest BCUT2D eigenvalue weighted by Gasteiger charge is 2.23. The molecule has 0 aliphatic rings. The average molecular weight is 316 g/mol. The lowest BCUT2D eigenvalue weighted by molar-refractivity contribution is -0.138. The van der Waals surface area contributed by atoms with Gasteiger partial charge in [0.25, 0.3) is 5.91 Å². The molecule has 0 atom stereocenters. The van der Waals surface area contributed by atoms with E-state index in [2.05, 4.69) is 9.72 Å². The summed E-state index contributed by atoms with van der Waals surface area (Å²) in [4.78, 5) is 29.7. The molecule has 0 N–H and O–H groups in total. The van der Waals surface area contributed by atoms with Gasteiger partial charge in [-0.25, -0.2) is 4.39 Å². The third-order valence-corrected chi connectivity index (χ3v) is 3.39. The van der Waals surface area contributed by atoms with E-state index in [0.29, 0.717) is 17.7 Å². The number of anilines is 1. The van der Waals surface area contributed by atoms with Crippen LogP contribution in [0.1, 0.15) is 22.8 Å². The van der Waals surface area contributed by atoms with Crippen molar-refractivity contribution in [2.45, 2.75) is 13.3 Å². The van der Waals surface area contributed by atoms with Crippen molar-refractivity contribution in [1.29, 1.82) is 0 Å². The summed E-state index contributed by atoms with van der Waals surface area (Å²) in [6, 6.07) is 7.11. The van der Waals surface area contributed by atoms with Gasteiger partial charge < -0.3 is 4.74 Å². The quantitative estimate of drug-likeness (QED) is 0.796. The van der Waals surface area contributed by atoms with Crippen LogP contribution in [0.3, 0.4) is 0 Å². The molecule has 1 heterocycles. The predicted molar refractivity (Wildman–Crippen MR) is 83.7 cm³/mol. The number of hydrogen-bond acceptors (Lipinski definition) is 4. The number of methoxy groups -OCH3 is 1. The monoisotopic (exact) mass is 316 g/mol. The summed E-state index contributed by atoms with van der Waals surface area (Å²) >= 11 is 0. The first-order valence-corrected chi connectivity index (χ1v) is 7.14. The number of carbonyl (C=O) groups excluding carboxylic acids is 2. The van der Waals surface area contributed by atoms with Gasteiger partial charge in [0, 0.05) is 23.6 Å². The standard InChI is InChI=1S/C17H17FN2O3/c1-3-12-10-19-8-7-15(12)17(22)20(11-16(21)23-2)14-6-4-5-13(18)9-14/h4-10H,3,11H2,1-2H3. The van der Waals surface area contributed by atoms with Gasteiger partial charge >= 0.3 is 5.97 Å². The number of rotatable bonds is 5. The second kappa shape index (κ2) is 7.49. The van der Waals surface area contributed by atoms with E-state index in [-0.39, 0.29) is 6.54 Å². The van der Waals surface area contributed by atoms with E-state index in [1.54, 1.807) is 18.3 Å². The molecule has 1 amide bonds. The SMILES string of the molecule is CCc1cnccc1C(=O)N(CC(=O)OC)c1cccc(F)c1. The van der Waals surface area contributed by atoms with Crippen molar-refractivity contribution in [2.75, 3.05) is 18.6 Å². The summed E-state index contributed by atoms with van der Waals surface area (Å²) in [5, 5.41) is 0. The van der Waals surface area contributed by atoms with Crippen molar-refractivity contribution >= 4 is 17.6 Å². The van der Waals surface area contributed by atoms with Gasteiger partial charge in [-0.3, -0.25) is 19.5 Å². The summed E-state index contributed by atoms with van der Waals surface area (Å²) in [5.41, 5.74) is 1.47. The third kappa shape index (κ3) is 3.91. The van der Waals surface area contributed by atoms with Crippen molar-refractivity contribution < 1.29 is 18.7 Å². The fourth-order valence-electron chi connectivity index (χ4n) is 2.18. The van der Waals surface area contributed by atoms with E-state index in [0.717, 1.165) is 5.56 Å². The Morgan fingerprint density at radius 2 is 2.09 bits per heavy atom. The highest BCUT2D eigenvalue weighted by molar-refractivity contribution is 6.09. The van der Waals surface area contributed by atoms with Gasteiger partial charge in [-0.05, 0) is 36.2 Å². The molecule has 0 aliphatic carbocycles. The lowest BCUT2D eigenvalue weighted by Crippen LogP contribution is -2.37. The first-order chi connectivity index (χ1) is 11.1. The van der Waals surface area contributed by atoms with Gasteiger partial charge in [-0.1, -0.05) is 13.0 Å². The fraction of sp³-hybridized carbons (Fsp3) is 0.235. The Hall–Kier alpha value is -2.76. The number of ether oxygens (including phenoxy) is 1. The van der Waals surface area contributed by atoms with Crippen LogP contribution < -0.4 is 4.90 Å². The summed E-state index contributed by atoms with van der Waals surface area (Å²) in [6.07, 6.45) is 3.73. The van der Waals surface area contributed by atoms with Crippen LogP contribution in [0.2, 0.25) is 0 Å². The Morgan fingerprint density at radius 3 is 2.74 bits per heavy atom. The lowest BCUT2D eigenvalue weighted by atomic mass is 10.1. The van der Waals surface area contributed by atoms with E-state index >= 15 is 0 Å². The van der Waals surface area contributed by atoms with Gasteiger partial charge in [0.05, 0.1) is 7.11 Å². The highest BCUT2D eigenvalue weighted by Crippen LogP contribution is 2.20. The van der Waals surface area contributed by atoms with Crippen LogP contribution in [-0.4, -0.2) is 30.5 Å². The fourth-order valence-corrected chi connectivity index (χ4v) is 2.18. The molecule has 1 aromatic carbocycles. The smallest absolute Gasteiger partial charge is 0.325 e. The van der Waals surface area contributed by atoms with Crippen LogP contribution in [0, 0.1) is 5.82 Å².